The lowest BCUT2D eigenvalue weighted by Gasteiger charge is -2.09. The minimum atomic E-state index is -0.245. The zero-order valence-electron chi connectivity index (χ0n) is 16.1. The summed E-state index contributed by atoms with van der Waals surface area (Å²) in [7, 11) is 1.35. The highest BCUT2D eigenvalue weighted by Crippen LogP contribution is 2.26. The van der Waals surface area contributed by atoms with Gasteiger partial charge in [-0.2, -0.15) is 0 Å². The molecule has 0 radical (unpaired) electrons. The summed E-state index contributed by atoms with van der Waals surface area (Å²) in [6, 6.07) is 0. The van der Waals surface area contributed by atoms with Crippen LogP contribution in [0, 0.1) is 5.92 Å². The van der Waals surface area contributed by atoms with Gasteiger partial charge in [-0.1, -0.05) is 46.0 Å². The minimum absolute atomic E-state index is 0.0273. The number of hydrogen-bond acceptors (Lipinski definition) is 5. The molecule has 0 aromatic heterocycles. The van der Waals surface area contributed by atoms with Gasteiger partial charge in [-0.3, -0.25) is 9.59 Å². The number of rotatable bonds is 11. The number of carbonyl (C=O) groups excluding carboxylic acids is 2. The molecule has 0 aliphatic carbocycles. The summed E-state index contributed by atoms with van der Waals surface area (Å²) in [5.74, 6) is 0.210. The normalized spacial score (nSPS) is 19.7. The lowest BCUT2D eigenvalue weighted by molar-refractivity contribution is -0.145. The van der Waals surface area contributed by atoms with Crippen LogP contribution in [0.2, 0.25) is 0 Å². The first-order valence-corrected chi connectivity index (χ1v) is 9.26. The summed E-state index contributed by atoms with van der Waals surface area (Å²) in [6.07, 6.45) is 9.74. The van der Waals surface area contributed by atoms with Gasteiger partial charge in [0.1, 0.15) is 0 Å². The molecule has 0 aromatic carbocycles. The summed E-state index contributed by atoms with van der Waals surface area (Å²) in [5, 5.41) is 0. The molecule has 142 valence electrons. The van der Waals surface area contributed by atoms with Gasteiger partial charge in [-0.05, 0) is 25.7 Å². The van der Waals surface area contributed by atoms with Crippen LogP contribution in [0.5, 0.6) is 0 Å². The first kappa shape index (κ1) is 22.9. The third kappa shape index (κ3) is 14.5. The van der Waals surface area contributed by atoms with Crippen molar-refractivity contribution in [3.63, 3.8) is 0 Å². The Bertz CT molecular complexity index is 343. The standard InChI is InChI=1S/C16H30O3.C3H6O2/c1-4-13(2)12-18-16(17)11-9-7-5-6-8-10-15-14(3)19-15;1-3(4)5-2/h13-15H,4-12H2,1-3H3;1-2H3. The molecule has 1 fully saturated rings. The molecule has 0 bridgehead atoms. The Morgan fingerprint density at radius 2 is 1.67 bits per heavy atom. The molecule has 5 heteroatoms. The van der Waals surface area contributed by atoms with Crippen LogP contribution in [-0.4, -0.2) is 37.9 Å². The molecule has 1 rings (SSSR count). The number of epoxide rings is 1. The number of hydrogen-bond donors (Lipinski definition) is 0. The Labute approximate surface area is 147 Å². The molecular weight excluding hydrogens is 308 g/mol. The lowest BCUT2D eigenvalue weighted by atomic mass is 10.1. The van der Waals surface area contributed by atoms with Crippen molar-refractivity contribution in [2.75, 3.05) is 13.7 Å². The van der Waals surface area contributed by atoms with Crippen molar-refractivity contribution in [3.05, 3.63) is 0 Å². The zero-order chi connectivity index (χ0) is 18.4. The average Bonchev–Trinajstić information content (AvgIpc) is 3.27. The second kappa shape index (κ2) is 14.3. The summed E-state index contributed by atoms with van der Waals surface area (Å²) < 4.78 is 14.7. The third-order valence-electron chi connectivity index (χ3n) is 4.22. The molecule has 1 heterocycles. The molecule has 0 N–H and O–H groups in total. The summed E-state index contributed by atoms with van der Waals surface area (Å²) in [6.45, 7) is 8.30. The number of unbranched alkanes of at least 4 members (excludes halogenated alkanes) is 4. The van der Waals surface area contributed by atoms with Gasteiger partial charge in [0.2, 0.25) is 0 Å². The van der Waals surface area contributed by atoms with Gasteiger partial charge < -0.3 is 14.2 Å². The van der Waals surface area contributed by atoms with E-state index >= 15 is 0 Å². The molecule has 1 aliphatic rings. The minimum Gasteiger partial charge on any atom is -0.469 e. The van der Waals surface area contributed by atoms with Crippen molar-refractivity contribution in [2.24, 2.45) is 5.92 Å². The Morgan fingerprint density at radius 1 is 1.12 bits per heavy atom. The van der Waals surface area contributed by atoms with Crippen LogP contribution in [0.1, 0.15) is 79.1 Å². The monoisotopic (exact) mass is 344 g/mol. The molecule has 1 saturated heterocycles. The van der Waals surface area contributed by atoms with E-state index < -0.39 is 0 Å². The summed E-state index contributed by atoms with van der Waals surface area (Å²) >= 11 is 0. The van der Waals surface area contributed by atoms with Crippen LogP contribution in [0.3, 0.4) is 0 Å². The largest absolute Gasteiger partial charge is 0.469 e. The summed E-state index contributed by atoms with van der Waals surface area (Å²) in [5.41, 5.74) is 0. The fraction of sp³-hybridized carbons (Fsp3) is 0.895. The van der Waals surface area contributed by atoms with Gasteiger partial charge in [0.15, 0.2) is 0 Å². The average molecular weight is 344 g/mol. The second-order valence-corrected chi connectivity index (χ2v) is 6.58. The van der Waals surface area contributed by atoms with E-state index in [-0.39, 0.29) is 11.9 Å². The maximum Gasteiger partial charge on any atom is 0.305 e. The van der Waals surface area contributed by atoms with Gasteiger partial charge in [0.05, 0.1) is 25.9 Å². The molecule has 3 atom stereocenters. The van der Waals surface area contributed by atoms with Crippen LogP contribution >= 0.6 is 0 Å². The maximum atomic E-state index is 11.4. The molecule has 3 unspecified atom stereocenters. The van der Waals surface area contributed by atoms with E-state index in [0.29, 0.717) is 31.2 Å². The Morgan fingerprint density at radius 3 is 2.17 bits per heavy atom. The van der Waals surface area contributed by atoms with Crippen molar-refractivity contribution < 1.29 is 23.8 Å². The van der Waals surface area contributed by atoms with Crippen molar-refractivity contribution in [2.45, 2.75) is 91.3 Å². The van der Waals surface area contributed by atoms with Gasteiger partial charge >= 0.3 is 11.9 Å². The van der Waals surface area contributed by atoms with Gasteiger partial charge in [-0.25, -0.2) is 0 Å². The molecule has 0 amide bonds. The van der Waals surface area contributed by atoms with Gasteiger partial charge in [-0.15, -0.1) is 0 Å². The zero-order valence-corrected chi connectivity index (χ0v) is 16.1. The van der Waals surface area contributed by atoms with E-state index in [0.717, 1.165) is 19.3 Å². The van der Waals surface area contributed by atoms with Crippen molar-refractivity contribution in [3.8, 4) is 0 Å². The third-order valence-corrected chi connectivity index (χ3v) is 4.22. The van der Waals surface area contributed by atoms with E-state index in [1.165, 1.54) is 39.7 Å². The van der Waals surface area contributed by atoms with Crippen LogP contribution in [0.15, 0.2) is 0 Å². The molecule has 5 nitrogen and oxygen atoms in total. The molecule has 0 saturated carbocycles. The van der Waals surface area contributed by atoms with Crippen LogP contribution in [0.25, 0.3) is 0 Å². The topological polar surface area (TPSA) is 65.1 Å². The molecule has 24 heavy (non-hydrogen) atoms. The molecule has 0 spiro atoms. The first-order valence-electron chi connectivity index (χ1n) is 9.26. The smallest absolute Gasteiger partial charge is 0.305 e. The van der Waals surface area contributed by atoms with Crippen LogP contribution < -0.4 is 0 Å². The lowest BCUT2D eigenvalue weighted by Crippen LogP contribution is -2.11. The van der Waals surface area contributed by atoms with E-state index in [1.54, 1.807) is 0 Å². The predicted octanol–water partition coefficient (Wildman–Crippen LogP) is 4.27. The van der Waals surface area contributed by atoms with Crippen LogP contribution in [-0.2, 0) is 23.8 Å². The van der Waals surface area contributed by atoms with Gasteiger partial charge in [0.25, 0.3) is 0 Å². The maximum absolute atomic E-state index is 11.4. The van der Waals surface area contributed by atoms with Crippen molar-refractivity contribution >= 4 is 11.9 Å². The fourth-order valence-corrected chi connectivity index (χ4v) is 2.10. The Hall–Kier alpha value is -1.10. The predicted molar refractivity (Wildman–Crippen MR) is 94.8 cm³/mol. The van der Waals surface area contributed by atoms with Crippen LogP contribution in [0.4, 0.5) is 0 Å². The first-order chi connectivity index (χ1) is 11.4. The molecular formula is C19H36O5. The number of carbonyl (C=O) groups is 2. The number of methoxy groups -OCH3 is 1. The Balaban J connectivity index is 0.000000922. The highest BCUT2D eigenvalue weighted by Gasteiger charge is 2.32. The summed E-state index contributed by atoms with van der Waals surface area (Å²) in [4.78, 5) is 21.0. The van der Waals surface area contributed by atoms with Crippen molar-refractivity contribution in [1.29, 1.82) is 0 Å². The second-order valence-electron chi connectivity index (χ2n) is 6.58. The Kier molecular flexibility index (Phi) is 13.6. The fourth-order valence-electron chi connectivity index (χ4n) is 2.10. The van der Waals surface area contributed by atoms with Gasteiger partial charge in [0, 0.05) is 13.3 Å². The SMILES string of the molecule is CCC(C)COC(=O)CCCCCCCC1OC1C.COC(C)=O. The highest BCUT2D eigenvalue weighted by molar-refractivity contribution is 5.69. The molecule has 1 aliphatic heterocycles. The van der Waals surface area contributed by atoms with E-state index in [2.05, 4.69) is 25.5 Å². The van der Waals surface area contributed by atoms with Crippen molar-refractivity contribution in [1.82, 2.24) is 0 Å². The van der Waals surface area contributed by atoms with E-state index in [4.69, 9.17) is 9.47 Å². The quantitative estimate of drug-likeness (QED) is 0.318. The number of ether oxygens (including phenoxy) is 3. The van der Waals surface area contributed by atoms with E-state index in [9.17, 15) is 9.59 Å². The number of esters is 2. The van der Waals surface area contributed by atoms with E-state index in [1.807, 2.05) is 0 Å². The highest BCUT2D eigenvalue weighted by atomic mass is 16.6. The molecule has 0 aromatic rings.